The molecule has 0 spiro atoms. The lowest BCUT2D eigenvalue weighted by molar-refractivity contribution is -0.0325. The highest BCUT2D eigenvalue weighted by molar-refractivity contribution is 9.09. The van der Waals surface area contributed by atoms with Crippen LogP contribution in [0.3, 0.4) is 0 Å². The molecule has 0 bridgehead atoms. The molecule has 0 saturated heterocycles. The monoisotopic (exact) mass is 509 g/mol. The average Bonchev–Trinajstić information content (AvgIpc) is 3.07. The summed E-state index contributed by atoms with van der Waals surface area (Å²) in [6.45, 7) is 2.34. The first kappa shape index (κ1) is 23.1. The van der Waals surface area contributed by atoms with Crippen molar-refractivity contribution in [3.8, 4) is 0 Å². The lowest BCUT2D eigenvalue weighted by Gasteiger charge is -2.50. The van der Waals surface area contributed by atoms with Crippen molar-refractivity contribution in [1.82, 2.24) is 0 Å². The minimum Gasteiger partial charge on any atom is -0.392 e. The van der Waals surface area contributed by atoms with Gasteiger partial charge in [-0.15, -0.1) is 0 Å². The third kappa shape index (κ3) is 4.18. The van der Waals surface area contributed by atoms with Gasteiger partial charge in [0.1, 0.15) is 0 Å². The second-order valence-corrected chi connectivity index (χ2v) is 11.8. The summed E-state index contributed by atoms with van der Waals surface area (Å²) >= 11 is 3.56. The van der Waals surface area contributed by atoms with Gasteiger partial charge in [-0.05, 0) is 115 Å². The Morgan fingerprint density at radius 1 is 1.18 bits per heavy atom. The van der Waals surface area contributed by atoms with E-state index >= 15 is 0 Å². The summed E-state index contributed by atoms with van der Waals surface area (Å²) in [6, 6.07) is 14.9. The van der Waals surface area contributed by atoms with Crippen LogP contribution in [-0.2, 0) is 19.3 Å². The summed E-state index contributed by atoms with van der Waals surface area (Å²) in [5, 5.41) is 12.6. The van der Waals surface area contributed by atoms with E-state index in [0.29, 0.717) is 23.3 Å². The van der Waals surface area contributed by atoms with Crippen molar-refractivity contribution in [2.75, 3.05) is 5.33 Å². The van der Waals surface area contributed by atoms with Gasteiger partial charge in [0.15, 0.2) is 0 Å². The zero-order valence-corrected chi connectivity index (χ0v) is 21.2. The Balaban J connectivity index is 1.36. The van der Waals surface area contributed by atoms with Gasteiger partial charge in [-0.1, -0.05) is 53.2 Å². The van der Waals surface area contributed by atoms with Gasteiger partial charge >= 0.3 is 0 Å². The van der Waals surface area contributed by atoms with Crippen LogP contribution >= 0.6 is 15.9 Å². The number of benzene rings is 2. The maximum atomic E-state index is 11.6. The van der Waals surface area contributed by atoms with E-state index in [2.05, 4.69) is 47.1 Å². The van der Waals surface area contributed by atoms with E-state index in [1.807, 2.05) is 12.1 Å². The molecular weight excluding hydrogens is 474 g/mol. The fourth-order valence-corrected chi connectivity index (χ4v) is 7.84. The molecule has 4 heteroatoms. The number of aliphatic hydroxyl groups is 1. The normalized spacial score (nSPS) is 32.6. The first-order valence-electron chi connectivity index (χ1n) is 12.6. The zero-order chi connectivity index (χ0) is 23.2. The van der Waals surface area contributed by atoms with E-state index < -0.39 is 0 Å². The highest BCUT2D eigenvalue weighted by atomic mass is 79.9. The average molecular weight is 511 g/mol. The van der Waals surface area contributed by atoms with Crippen molar-refractivity contribution in [1.29, 1.82) is 0 Å². The lowest BCUT2D eigenvalue weighted by Crippen LogP contribution is -2.44. The first-order chi connectivity index (χ1) is 15.9. The van der Waals surface area contributed by atoms with E-state index in [1.165, 1.54) is 31.2 Å². The molecule has 3 N–H and O–H groups in total. The number of aryl methyl sites for hydroxylation is 2. The number of amides is 1. The number of aliphatic hydroxyl groups excluding tert-OH is 1. The van der Waals surface area contributed by atoms with Crippen LogP contribution < -0.4 is 5.73 Å². The molecule has 3 aliphatic carbocycles. The number of halogens is 1. The zero-order valence-electron chi connectivity index (χ0n) is 19.6. The van der Waals surface area contributed by atoms with Crippen molar-refractivity contribution >= 4 is 21.8 Å². The van der Waals surface area contributed by atoms with Gasteiger partial charge in [0, 0.05) is 10.9 Å². The van der Waals surface area contributed by atoms with Crippen LogP contribution in [-0.4, -0.2) is 22.4 Å². The molecule has 0 aromatic heterocycles. The van der Waals surface area contributed by atoms with Crippen molar-refractivity contribution in [2.24, 2.45) is 28.9 Å². The van der Waals surface area contributed by atoms with Gasteiger partial charge in [0.05, 0.1) is 6.10 Å². The lowest BCUT2D eigenvalue weighted by atomic mass is 9.55. The number of nitrogens with two attached hydrogens (primary N) is 1. The summed E-state index contributed by atoms with van der Waals surface area (Å²) < 4.78 is 0. The smallest absolute Gasteiger partial charge is 0.248 e. The molecule has 5 rings (SSSR count). The van der Waals surface area contributed by atoms with Crippen LogP contribution in [0.25, 0.3) is 0 Å². The molecule has 2 aromatic carbocycles. The number of fused-ring (bicyclic) bond motifs is 5. The number of carbonyl (C=O) groups is 1. The molecule has 0 aliphatic heterocycles. The van der Waals surface area contributed by atoms with Crippen molar-refractivity contribution in [2.45, 2.75) is 70.3 Å². The largest absolute Gasteiger partial charge is 0.392 e. The summed E-state index contributed by atoms with van der Waals surface area (Å²) in [6.07, 6.45) is 8.66. The Morgan fingerprint density at radius 3 is 2.82 bits per heavy atom. The van der Waals surface area contributed by atoms with Crippen LogP contribution in [0.1, 0.15) is 77.6 Å². The second kappa shape index (κ2) is 9.19. The molecule has 176 valence electrons. The Labute approximate surface area is 206 Å². The SMILES string of the molecule is C[C@]12CC[C@@H]3c4ccc(CCCBr)cc4CC[C@H]3[C@@H]1C[C@H](Cc1cccc(C(N)=O)c1)[C@@H]2O. The molecule has 1 amide bonds. The van der Waals surface area contributed by atoms with Crippen LogP contribution in [0.4, 0.5) is 0 Å². The van der Waals surface area contributed by atoms with Crippen molar-refractivity contribution < 1.29 is 9.90 Å². The van der Waals surface area contributed by atoms with E-state index in [4.69, 9.17) is 5.73 Å². The molecule has 3 nitrogen and oxygen atoms in total. The molecule has 33 heavy (non-hydrogen) atoms. The van der Waals surface area contributed by atoms with Crippen LogP contribution in [0, 0.1) is 23.2 Å². The van der Waals surface area contributed by atoms with Crippen LogP contribution in [0.2, 0.25) is 0 Å². The third-order valence-corrected chi connectivity index (χ3v) is 9.78. The predicted octanol–water partition coefficient (Wildman–Crippen LogP) is 5.80. The first-order valence-corrected chi connectivity index (χ1v) is 13.8. The van der Waals surface area contributed by atoms with E-state index in [0.717, 1.165) is 36.6 Å². The quantitative estimate of drug-likeness (QED) is 0.483. The minimum absolute atomic E-state index is 0.000447. The van der Waals surface area contributed by atoms with Crippen LogP contribution in [0.15, 0.2) is 42.5 Å². The Kier molecular flexibility index (Phi) is 6.43. The Hall–Kier alpha value is -1.65. The van der Waals surface area contributed by atoms with E-state index in [1.54, 1.807) is 17.2 Å². The van der Waals surface area contributed by atoms with Crippen molar-refractivity contribution in [3.63, 3.8) is 0 Å². The number of alkyl halides is 1. The second-order valence-electron chi connectivity index (χ2n) is 11.0. The van der Waals surface area contributed by atoms with Gasteiger partial charge in [-0.2, -0.15) is 0 Å². The molecule has 2 saturated carbocycles. The van der Waals surface area contributed by atoms with Crippen LogP contribution in [0.5, 0.6) is 0 Å². The fourth-order valence-electron chi connectivity index (χ4n) is 7.56. The maximum Gasteiger partial charge on any atom is 0.248 e. The number of hydrogen-bond donors (Lipinski definition) is 2. The predicted molar refractivity (Wildman–Crippen MR) is 137 cm³/mol. The maximum absolute atomic E-state index is 11.6. The van der Waals surface area contributed by atoms with Gasteiger partial charge in [-0.25, -0.2) is 0 Å². The standard InChI is InChI=1S/C29H36BrNO2/c1-29-12-11-24-23-9-7-18(5-3-13-30)14-20(23)8-10-25(24)26(29)17-22(27(29)32)16-19-4-2-6-21(15-19)28(31)33/h2,4,6-7,9,14-15,22,24-27,32H,3,5,8,10-13,16-17H2,1H3,(H2,31,33)/t22-,24+,25+,26-,27-,29-/m0/s1. The topological polar surface area (TPSA) is 63.3 Å². The number of rotatable bonds is 6. The molecule has 2 fully saturated rings. The third-order valence-electron chi connectivity index (χ3n) is 9.22. The summed E-state index contributed by atoms with van der Waals surface area (Å²) in [7, 11) is 0. The summed E-state index contributed by atoms with van der Waals surface area (Å²) in [5.41, 5.74) is 11.8. The Morgan fingerprint density at radius 2 is 2.03 bits per heavy atom. The highest BCUT2D eigenvalue weighted by Gasteiger charge is 2.57. The van der Waals surface area contributed by atoms with Crippen molar-refractivity contribution in [3.05, 3.63) is 70.3 Å². The van der Waals surface area contributed by atoms with Gasteiger partial charge in [-0.3, -0.25) is 4.79 Å². The fraction of sp³-hybridized carbons (Fsp3) is 0.552. The molecule has 3 aliphatic rings. The van der Waals surface area contributed by atoms with E-state index in [-0.39, 0.29) is 23.3 Å². The number of carbonyl (C=O) groups excluding carboxylic acids is 1. The van der Waals surface area contributed by atoms with Gasteiger partial charge in [0.2, 0.25) is 5.91 Å². The molecule has 6 atom stereocenters. The summed E-state index contributed by atoms with van der Waals surface area (Å²) in [4.78, 5) is 11.6. The number of hydrogen-bond acceptors (Lipinski definition) is 2. The van der Waals surface area contributed by atoms with Gasteiger partial charge in [0.25, 0.3) is 0 Å². The molecule has 0 heterocycles. The Bertz CT molecular complexity index is 1040. The molecule has 0 unspecified atom stereocenters. The molecule has 0 radical (unpaired) electrons. The minimum atomic E-state index is -0.386. The highest BCUT2D eigenvalue weighted by Crippen LogP contribution is 2.62. The van der Waals surface area contributed by atoms with Gasteiger partial charge < -0.3 is 10.8 Å². The number of primary amides is 1. The molecule has 2 aromatic rings. The molecular formula is C29H36BrNO2. The van der Waals surface area contributed by atoms with E-state index in [9.17, 15) is 9.90 Å². The summed E-state index contributed by atoms with van der Waals surface area (Å²) in [5.74, 6) is 1.73.